The molecular formula is C22H18N4O2. The van der Waals surface area contributed by atoms with Crippen molar-refractivity contribution in [1.82, 2.24) is 19.5 Å². The van der Waals surface area contributed by atoms with E-state index in [1.165, 1.54) is 0 Å². The van der Waals surface area contributed by atoms with Gasteiger partial charge in [-0.15, -0.1) is 0 Å². The zero-order valence-electron chi connectivity index (χ0n) is 15.3. The molecule has 4 aromatic rings. The second-order valence-corrected chi connectivity index (χ2v) is 6.44. The molecule has 0 amide bonds. The molecule has 6 heteroatoms. The minimum atomic E-state index is -0.975. The Morgan fingerprint density at radius 2 is 1.71 bits per heavy atom. The van der Waals surface area contributed by atoms with Gasteiger partial charge < -0.3 is 9.67 Å². The van der Waals surface area contributed by atoms with Crippen LogP contribution in [0.25, 0.3) is 22.5 Å². The van der Waals surface area contributed by atoms with Crippen molar-refractivity contribution in [3.05, 3.63) is 90.3 Å². The molecule has 0 fully saturated rings. The Kier molecular flexibility index (Phi) is 4.68. The van der Waals surface area contributed by atoms with E-state index in [-0.39, 0.29) is 5.56 Å². The largest absolute Gasteiger partial charge is 0.478 e. The monoisotopic (exact) mass is 370 g/mol. The van der Waals surface area contributed by atoms with Crippen LogP contribution in [-0.2, 0) is 6.54 Å². The van der Waals surface area contributed by atoms with E-state index < -0.39 is 5.97 Å². The van der Waals surface area contributed by atoms with Crippen LogP contribution in [-0.4, -0.2) is 30.6 Å². The molecule has 2 aromatic carbocycles. The Bertz CT molecular complexity index is 1120. The summed E-state index contributed by atoms with van der Waals surface area (Å²) in [7, 11) is 0. The molecule has 1 N–H and O–H groups in total. The summed E-state index contributed by atoms with van der Waals surface area (Å²) in [6.07, 6.45) is 5.16. The highest BCUT2D eigenvalue weighted by Crippen LogP contribution is 2.33. The lowest BCUT2D eigenvalue weighted by atomic mass is 10.00. The van der Waals surface area contributed by atoms with Gasteiger partial charge in [0.15, 0.2) is 0 Å². The lowest BCUT2D eigenvalue weighted by molar-refractivity contribution is 0.0697. The number of hydrogen-bond acceptors (Lipinski definition) is 4. The fourth-order valence-electron chi connectivity index (χ4n) is 3.14. The number of rotatable bonds is 5. The zero-order valence-corrected chi connectivity index (χ0v) is 15.3. The van der Waals surface area contributed by atoms with Crippen LogP contribution in [0.3, 0.4) is 0 Å². The molecule has 0 saturated heterocycles. The molecule has 0 aliphatic carbocycles. The van der Waals surface area contributed by atoms with Gasteiger partial charge in [0.05, 0.1) is 47.4 Å². The third kappa shape index (κ3) is 3.40. The quantitative estimate of drug-likeness (QED) is 0.573. The molecule has 6 nitrogen and oxygen atoms in total. The average molecular weight is 370 g/mol. The van der Waals surface area contributed by atoms with Gasteiger partial charge in [-0.25, -0.2) is 9.78 Å². The van der Waals surface area contributed by atoms with Crippen molar-refractivity contribution in [2.24, 2.45) is 0 Å². The maximum absolute atomic E-state index is 11.8. The number of carboxylic acids is 1. The van der Waals surface area contributed by atoms with Gasteiger partial charge in [-0.1, -0.05) is 48.5 Å². The van der Waals surface area contributed by atoms with E-state index in [0.717, 1.165) is 28.3 Å². The fourth-order valence-corrected chi connectivity index (χ4v) is 3.14. The van der Waals surface area contributed by atoms with E-state index in [4.69, 9.17) is 0 Å². The molecule has 2 aromatic heterocycles. The molecule has 0 aliphatic heterocycles. The Morgan fingerprint density at radius 3 is 2.43 bits per heavy atom. The molecule has 0 spiro atoms. The first-order chi connectivity index (χ1) is 13.6. The van der Waals surface area contributed by atoms with Crippen molar-refractivity contribution < 1.29 is 9.90 Å². The van der Waals surface area contributed by atoms with Crippen molar-refractivity contribution in [2.45, 2.75) is 13.5 Å². The van der Waals surface area contributed by atoms with Crippen LogP contribution in [0, 0.1) is 6.92 Å². The van der Waals surface area contributed by atoms with Crippen molar-refractivity contribution >= 4 is 5.97 Å². The van der Waals surface area contributed by atoms with Gasteiger partial charge in [0.1, 0.15) is 0 Å². The summed E-state index contributed by atoms with van der Waals surface area (Å²) in [6.45, 7) is 2.33. The lowest BCUT2D eigenvalue weighted by Crippen LogP contribution is -2.07. The van der Waals surface area contributed by atoms with Crippen LogP contribution in [0.15, 0.2) is 73.3 Å². The standard InChI is InChI=1S/C22H18N4O2/c1-15-11-24-17(12-23-15)13-26-14-25-20(16-7-3-2-4-8-16)21(26)18-9-5-6-10-19(18)22(27)28/h2-12,14H,13H2,1H3,(H,27,28). The van der Waals surface area contributed by atoms with E-state index in [1.54, 1.807) is 30.9 Å². The smallest absolute Gasteiger partial charge is 0.336 e. The van der Waals surface area contributed by atoms with Gasteiger partial charge in [-0.05, 0) is 13.0 Å². The first-order valence-electron chi connectivity index (χ1n) is 8.84. The maximum Gasteiger partial charge on any atom is 0.336 e. The Hall–Kier alpha value is -3.80. The van der Waals surface area contributed by atoms with Crippen LogP contribution in [0.2, 0.25) is 0 Å². The number of carbonyl (C=O) groups is 1. The molecule has 0 atom stereocenters. The van der Waals surface area contributed by atoms with E-state index in [0.29, 0.717) is 12.1 Å². The van der Waals surface area contributed by atoms with Crippen molar-refractivity contribution in [2.75, 3.05) is 0 Å². The minimum absolute atomic E-state index is 0.233. The number of benzene rings is 2. The van der Waals surface area contributed by atoms with Gasteiger partial charge in [0.25, 0.3) is 0 Å². The van der Waals surface area contributed by atoms with E-state index in [2.05, 4.69) is 15.0 Å². The van der Waals surface area contributed by atoms with Crippen LogP contribution in [0.1, 0.15) is 21.7 Å². The number of aromatic nitrogens is 4. The number of carboxylic acid groups (broad SMARTS) is 1. The number of aryl methyl sites for hydroxylation is 1. The number of nitrogens with zero attached hydrogens (tertiary/aromatic N) is 4. The molecule has 0 saturated carbocycles. The average Bonchev–Trinajstić information content (AvgIpc) is 3.13. The Balaban J connectivity index is 1.90. The summed E-state index contributed by atoms with van der Waals surface area (Å²) in [5.41, 5.74) is 4.86. The Morgan fingerprint density at radius 1 is 0.964 bits per heavy atom. The van der Waals surface area contributed by atoms with Gasteiger partial charge in [-0.3, -0.25) is 9.97 Å². The molecule has 4 rings (SSSR count). The van der Waals surface area contributed by atoms with Crippen LogP contribution in [0.4, 0.5) is 0 Å². The van der Waals surface area contributed by atoms with Gasteiger partial charge >= 0.3 is 5.97 Å². The predicted molar refractivity (Wildman–Crippen MR) is 106 cm³/mol. The molecule has 0 radical (unpaired) electrons. The molecule has 0 aliphatic rings. The normalized spacial score (nSPS) is 10.8. The third-order valence-electron chi connectivity index (χ3n) is 4.46. The van der Waals surface area contributed by atoms with E-state index in [1.807, 2.05) is 54.0 Å². The van der Waals surface area contributed by atoms with Gasteiger partial charge in [-0.2, -0.15) is 0 Å². The summed E-state index contributed by atoms with van der Waals surface area (Å²) >= 11 is 0. The first-order valence-corrected chi connectivity index (χ1v) is 8.84. The molecule has 0 bridgehead atoms. The molecule has 28 heavy (non-hydrogen) atoms. The fraction of sp³-hybridized carbons (Fsp3) is 0.0909. The summed E-state index contributed by atoms with van der Waals surface area (Å²) < 4.78 is 1.92. The zero-order chi connectivity index (χ0) is 19.5. The summed E-state index contributed by atoms with van der Waals surface area (Å²) in [5.74, 6) is -0.975. The number of imidazole rings is 1. The minimum Gasteiger partial charge on any atom is -0.478 e. The van der Waals surface area contributed by atoms with Crippen LogP contribution >= 0.6 is 0 Å². The lowest BCUT2D eigenvalue weighted by Gasteiger charge is -2.13. The highest BCUT2D eigenvalue weighted by atomic mass is 16.4. The van der Waals surface area contributed by atoms with Crippen LogP contribution in [0.5, 0.6) is 0 Å². The molecule has 2 heterocycles. The SMILES string of the molecule is Cc1cnc(Cn2cnc(-c3ccccc3)c2-c2ccccc2C(=O)O)cn1. The van der Waals surface area contributed by atoms with Crippen molar-refractivity contribution in [3.8, 4) is 22.5 Å². The third-order valence-corrected chi connectivity index (χ3v) is 4.46. The highest BCUT2D eigenvalue weighted by Gasteiger charge is 2.20. The van der Waals surface area contributed by atoms with Crippen molar-refractivity contribution in [1.29, 1.82) is 0 Å². The number of aromatic carboxylic acids is 1. The van der Waals surface area contributed by atoms with Crippen LogP contribution < -0.4 is 0 Å². The van der Waals surface area contributed by atoms with Gasteiger partial charge in [0.2, 0.25) is 0 Å². The van der Waals surface area contributed by atoms with Crippen molar-refractivity contribution in [3.63, 3.8) is 0 Å². The Labute approximate surface area is 162 Å². The first kappa shape index (κ1) is 17.6. The second-order valence-electron chi connectivity index (χ2n) is 6.44. The summed E-state index contributed by atoms with van der Waals surface area (Å²) in [4.78, 5) is 25.1. The summed E-state index contributed by atoms with van der Waals surface area (Å²) in [6, 6.07) is 16.7. The molecule has 138 valence electrons. The molecule has 0 unspecified atom stereocenters. The number of hydrogen-bond donors (Lipinski definition) is 1. The highest BCUT2D eigenvalue weighted by molar-refractivity contribution is 5.97. The van der Waals surface area contributed by atoms with E-state index >= 15 is 0 Å². The molecular weight excluding hydrogens is 352 g/mol. The van der Waals surface area contributed by atoms with E-state index in [9.17, 15) is 9.90 Å². The van der Waals surface area contributed by atoms with Gasteiger partial charge in [0, 0.05) is 17.3 Å². The predicted octanol–water partition coefficient (Wildman–Crippen LogP) is 4.06. The summed E-state index contributed by atoms with van der Waals surface area (Å²) in [5, 5.41) is 9.69. The second kappa shape index (κ2) is 7.44. The maximum atomic E-state index is 11.8. The topological polar surface area (TPSA) is 80.9 Å².